The van der Waals surface area contributed by atoms with Crippen LogP contribution in [0, 0.1) is 0 Å². The molecule has 6 aromatic rings. The summed E-state index contributed by atoms with van der Waals surface area (Å²) >= 11 is 0. The SMILES string of the molecule is CCc1cc2c(cc1CC)CC(N[C@H](O)Cc1ccc(OC(=O)/C=C\C(=O)Oc3ccc(C[C@@H](O)NC4Cc5cc(CC)c(CC)cc5C4)c4ccc(=O)[nH]c34)c3[nH]c(=O)ccc13)C2. The summed E-state index contributed by atoms with van der Waals surface area (Å²) in [4.78, 5) is 56.5. The molecule has 2 aromatic heterocycles. The zero-order chi connectivity index (χ0) is 45.1. The molecule has 0 aliphatic heterocycles. The number of pyridine rings is 2. The average molecular weight is 865 g/mol. The van der Waals surface area contributed by atoms with Gasteiger partial charge in [0.05, 0.1) is 11.0 Å². The summed E-state index contributed by atoms with van der Waals surface area (Å²) in [5, 5.41) is 30.3. The molecule has 2 aliphatic carbocycles. The first-order chi connectivity index (χ1) is 30.9. The number of ether oxygens (including phenoxy) is 2. The molecule has 6 N–H and O–H groups in total. The fraction of sp³-hybridized carbons (Fsp3) is 0.346. The van der Waals surface area contributed by atoms with E-state index < -0.39 is 35.5 Å². The normalized spacial score (nSPS) is 14.9. The lowest BCUT2D eigenvalue weighted by Gasteiger charge is -2.19. The van der Waals surface area contributed by atoms with Crippen molar-refractivity contribution < 1.29 is 29.3 Å². The van der Waals surface area contributed by atoms with Crippen LogP contribution in [-0.2, 0) is 73.8 Å². The third-order valence-electron chi connectivity index (χ3n) is 12.8. The number of rotatable bonds is 16. The Balaban J connectivity index is 0.892. The van der Waals surface area contributed by atoms with Gasteiger partial charge in [0.25, 0.3) is 0 Å². The molecule has 2 aliphatic rings. The van der Waals surface area contributed by atoms with Crippen LogP contribution in [-0.4, -0.2) is 56.7 Å². The van der Waals surface area contributed by atoms with Crippen molar-refractivity contribution >= 4 is 33.7 Å². The van der Waals surface area contributed by atoms with Gasteiger partial charge < -0.3 is 29.7 Å². The molecule has 332 valence electrons. The molecule has 0 spiro atoms. The summed E-state index contributed by atoms with van der Waals surface area (Å²) in [6.45, 7) is 8.69. The number of H-pyrrole nitrogens is 2. The first kappa shape index (κ1) is 44.4. The van der Waals surface area contributed by atoms with Crippen molar-refractivity contribution in [3.63, 3.8) is 0 Å². The Labute approximate surface area is 371 Å². The van der Waals surface area contributed by atoms with Crippen LogP contribution in [0.5, 0.6) is 11.5 Å². The molecule has 0 bridgehead atoms. The van der Waals surface area contributed by atoms with E-state index in [1.54, 1.807) is 36.4 Å². The van der Waals surface area contributed by atoms with E-state index in [0.29, 0.717) is 10.8 Å². The van der Waals surface area contributed by atoms with Gasteiger partial charge in [0.15, 0.2) is 11.5 Å². The van der Waals surface area contributed by atoms with Gasteiger partial charge in [-0.05, 0) is 131 Å². The number of fused-ring (bicyclic) bond motifs is 4. The molecule has 64 heavy (non-hydrogen) atoms. The number of esters is 2. The van der Waals surface area contributed by atoms with Crippen LogP contribution in [0.3, 0.4) is 0 Å². The minimum atomic E-state index is -0.896. The molecule has 12 nitrogen and oxygen atoms in total. The lowest BCUT2D eigenvalue weighted by atomic mass is 9.97. The lowest BCUT2D eigenvalue weighted by molar-refractivity contribution is -0.131. The minimum Gasteiger partial charge on any atom is -0.421 e. The van der Waals surface area contributed by atoms with Crippen molar-refractivity contribution in [1.29, 1.82) is 0 Å². The van der Waals surface area contributed by atoms with Crippen molar-refractivity contribution in [2.24, 2.45) is 0 Å². The minimum absolute atomic E-state index is 0.0659. The predicted molar refractivity (Wildman–Crippen MR) is 248 cm³/mol. The molecule has 0 saturated carbocycles. The van der Waals surface area contributed by atoms with Crippen LogP contribution in [0.2, 0.25) is 0 Å². The first-order valence-electron chi connectivity index (χ1n) is 22.5. The zero-order valence-electron chi connectivity index (χ0n) is 36.8. The summed E-state index contributed by atoms with van der Waals surface area (Å²) in [6, 6.07) is 21.9. The molecule has 0 radical (unpaired) electrons. The Kier molecular flexibility index (Phi) is 13.4. The summed E-state index contributed by atoms with van der Waals surface area (Å²) in [6.07, 6.45) is 7.83. The fourth-order valence-corrected chi connectivity index (χ4v) is 9.70. The van der Waals surface area contributed by atoms with Crippen LogP contribution in [0.15, 0.2) is 94.5 Å². The largest absolute Gasteiger partial charge is 0.421 e. The molecule has 4 aromatic carbocycles. The Morgan fingerprint density at radius 1 is 0.562 bits per heavy atom. The standard InChI is InChI=1S/C52H56N4O8/c1-5-29-19-35-23-39(24-36(35)20-30(29)6-2)53-47(59)27-33-9-13-43(51-41(33)11-15-45(57)55-51)63-49(61)17-18-50(62)64-44-14-10-34(42-12-16-46(58)56-52(42)44)28-48(60)54-40-25-37-21-31(7-3)32(8-4)22-38(37)26-40/h9-22,39-40,47-48,53-54,59-60H,5-8,23-28H2,1-4H3,(H,55,57)(H,56,58)/b18-17-/t47-,48-/m1/s1. The number of carbonyl (C=O) groups is 2. The lowest BCUT2D eigenvalue weighted by Crippen LogP contribution is -2.40. The Hall–Kier alpha value is -6.18. The monoisotopic (exact) mass is 864 g/mol. The fourth-order valence-electron chi connectivity index (χ4n) is 9.70. The second-order valence-corrected chi connectivity index (χ2v) is 17.0. The van der Waals surface area contributed by atoms with Gasteiger partial charge in [0, 0.05) is 60.0 Å². The van der Waals surface area contributed by atoms with E-state index in [4.69, 9.17) is 9.47 Å². The van der Waals surface area contributed by atoms with Crippen LogP contribution >= 0.6 is 0 Å². The zero-order valence-corrected chi connectivity index (χ0v) is 36.8. The van der Waals surface area contributed by atoms with Gasteiger partial charge in [-0.2, -0.15) is 0 Å². The first-order valence-corrected chi connectivity index (χ1v) is 22.5. The maximum absolute atomic E-state index is 13.0. The van der Waals surface area contributed by atoms with E-state index in [1.807, 2.05) is 0 Å². The molecule has 0 fully saturated rings. The third kappa shape index (κ3) is 9.80. The van der Waals surface area contributed by atoms with E-state index in [0.717, 1.165) is 74.6 Å². The second-order valence-electron chi connectivity index (χ2n) is 17.0. The number of aliphatic hydroxyl groups is 2. The van der Waals surface area contributed by atoms with Crippen molar-refractivity contribution in [3.8, 4) is 11.5 Å². The molecule has 0 saturated heterocycles. The second kappa shape index (κ2) is 19.3. The molecular formula is C52H56N4O8. The van der Waals surface area contributed by atoms with Crippen LogP contribution in [0.25, 0.3) is 21.8 Å². The van der Waals surface area contributed by atoms with Gasteiger partial charge in [-0.15, -0.1) is 0 Å². The van der Waals surface area contributed by atoms with Crippen LogP contribution in [0.4, 0.5) is 0 Å². The maximum Gasteiger partial charge on any atom is 0.336 e. The number of hydrogen-bond acceptors (Lipinski definition) is 10. The average Bonchev–Trinajstić information content (AvgIpc) is 3.87. The molecule has 8 rings (SSSR count). The number of nitrogens with one attached hydrogen (secondary N) is 4. The van der Waals surface area contributed by atoms with E-state index in [-0.39, 0.29) is 47.5 Å². The number of carbonyl (C=O) groups excluding carboxylic acids is 2. The van der Waals surface area contributed by atoms with Crippen molar-refractivity contribution in [1.82, 2.24) is 20.6 Å². The van der Waals surface area contributed by atoms with Gasteiger partial charge >= 0.3 is 11.9 Å². The van der Waals surface area contributed by atoms with E-state index in [9.17, 15) is 29.4 Å². The molecule has 0 amide bonds. The molecule has 2 heterocycles. The number of aryl methyl sites for hydroxylation is 4. The molecular weight excluding hydrogens is 809 g/mol. The van der Waals surface area contributed by atoms with Crippen LogP contribution in [0.1, 0.15) is 83.3 Å². The number of aliphatic hydroxyl groups excluding tert-OH is 2. The summed E-state index contributed by atoms with van der Waals surface area (Å²) in [5.41, 5.74) is 12.0. The van der Waals surface area contributed by atoms with Crippen LogP contribution < -0.4 is 31.2 Å². The van der Waals surface area contributed by atoms with Gasteiger partial charge in [-0.1, -0.05) is 64.1 Å². The smallest absolute Gasteiger partial charge is 0.336 e. The number of hydrogen-bond donors (Lipinski definition) is 6. The highest BCUT2D eigenvalue weighted by Crippen LogP contribution is 2.32. The molecule has 2 atom stereocenters. The highest BCUT2D eigenvalue weighted by Gasteiger charge is 2.27. The quantitative estimate of drug-likeness (QED) is 0.0296. The molecule has 0 unspecified atom stereocenters. The van der Waals surface area contributed by atoms with Crippen molar-refractivity contribution in [2.45, 2.75) is 116 Å². The van der Waals surface area contributed by atoms with E-state index in [1.165, 1.54) is 56.6 Å². The Bertz CT molecular complexity index is 2640. The van der Waals surface area contributed by atoms with Crippen molar-refractivity contribution in [3.05, 3.63) is 161 Å². The number of benzene rings is 4. The molecule has 12 heteroatoms. The third-order valence-corrected chi connectivity index (χ3v) is 12.8. The van der Waals surface area contributed by atoms with Gasteiger partial charge in [-0.3, -0.25) is 20.2 Å². The van der Waals surface area contributed by atoms with Gasteiger partial charge in [0.2, 0.25) is 11.1 Å². The summed E-state index contributed by atoms with van der Waals surface area (Å²) < 4.78 is 11.2. The van der Waals surface area contributed by atoms with Crippen molar-refractivity contribution in [2.75, 3.05) is 0 Å². The Morgan fingerprint density at radius 3 is 1.23 bits per heavy atom. The maximum atomic E-state index is 13.0. The predicted octanol–water partition coefficient (Wildman–Crippen LogP) is 5.92. The highest BCUT2D eigenvalue weighted by atomic mass is 16.5. The van der Waals surface area contributed by atoms with E-state index >= 15 is 0 Å². The van der Waals surface area contributed by atoms with Gasteiger partial charge in [0.1, 0.15) is 12.5 Å². The number of aromatic nitrogens is 2. The van der Waals surface area contributed by atoms with Gasteiger partial charge in [-0.25, -0.2) is 9.59 Å². The van der Waals surface area contributed by atoms with E-state index in [2.05, 4.69) is 72.6 Å². The Morgan fingerprint density at radius 2 is 0.906 bits per heavy atom. The summed E-state index contributed by atoms with van der Waals surface area (Å²) in [7, 11) is 0. The summed E-state index contributed by atoms with van der Waals surface area (Å²) in [5.74, 6) is -1.66. The highest BCUT2D eigenvalue weighted by molar-refractivity contribution is 5.97. The number of aromatic amines is 2. The topological polar surface area (TPSA) is 183 Å².